The predicted octanol–water partition coefficient (Wildman–Crippen LogP) is 2.16. The van der Waals surface area contributed by atoms with Gasteiger partial charge in [-0.15, -0.1) is 0 Å². The monoisotopic (exact) mass is 203 g/mol. The van der Waals surface area contributed by atoms with Crippen molar-refractivity contribution in [2.45, 2.75) is 13.8 Å². The third kappa shape index (κ3) is 3.45. The second-order valence-corrected chi connectivity index (χ2v) is 2.29. The van der Waals surface area contributed by atoms with Gasteiger partial charge in [0, 0.05) is 16.7 Å². The Hall–Kier alpha value is -0.570. The summed E-state index contributed by atoms with van der Waals surface area (Å²) >= 11 is 3.18. The molecule has 1 aromatic rings. The minimum Gasteiger partial charge on any atom is -0.328 e. The van der Waals surface area contributed by atoms with E-state index < -0.39 is 0 Å². The molecule has 1 N–H and O–H groups in total. The lowest BCUT2D eigenvalue weighted by molar-refractivity contribution is 1.22. The highest BCUT2D eigenvalue weighted by atomic mass is 79.9. The predicted molar refractivity (Wildman–Crippen MR) is 46.1 cm³/mol. The summed E-state index contributed by atoms with van der Waals surface area (Å²) in [6, 6.07) is 3.16. The van der Waals surface area contributed by atoms with Crippen LogP contribution in [0.2, 0.25) is 0 Å². The van der Waals surface area contributed by atoms with Crippen molar-refractivity contribution in [1.29, 1.82) is 0 Å². The van der Waals surface area contributed by atoms with Crippen LogP contribution in [0.15, 0.2) is 27.6 Å². The molecule has 0 amide bonds. The minimum absolute atomic E-state index is 0.0757. The van der Waals surface area contributed by atoms with E-state index in [0.717, 1.165) is 4.47 Å². The third-order valence-electron chi connectivity index (χ3n) is 0.746. The van der Waals surface area contributed by atoms with E-state index in [1.807, 2.05) is 13.8 Å². The van der Waals surface area contributed by atoms with Crippen molar-refractivity contribution in [2.24, 2.45) is 0 Å². The number of aromatic nitrogens is 1. The van der Waals surface area contributed by atoms with Gasteiger partial charge in [0.05, 0.1) is 0 Å². The van der Waals surface area contributed by atoms with Crippen molar-refractivity contribution in [1.82, 2.24) is 4.98 Å². The SMILES string of the molecule is CC.O=c1ccc(Br)c[nH]1. The lowest BCUT2D eigenvalue weighted by Crippen LogP contribution is -1.99. The van der Waals surface area contributed by atoms with Gasteiger partial charge >= 0.3 is 0 Å². The van der Waals surface area contributed by atoms with E-state index in [1.54, 1.807) is 12.3 Å². The first-order valence-electron chi connectivity index (χ1n) is 3.13. The summed E-state index contributed by atoms with van der Waals surface area (Å²) in [4.78, 5) is 12.8. The van der Waals surface area contributed by atoms with Gasteiger partial charge in [0.25, 0.3) is 0 Å². The molecule has 0 unspecified atom stereocenters. The molecule has 3 heteroatoms. The summed E-state index contributed by atoms with van der Waals surface area (Å²) in [5, 5.41) is 0. The second kappa shape index (κ2) is 5.23. The maximum atomic E-state index is 10.3. The van der Waals surface area contributed by atoms with Crippen molar-refractivity contribution >= 4 is 15.9 Å². The molecule has 0 bridgehead atoms. The highest BCUT2D eigenvalue weighted by molar-refractivity contribution is 9.10. The number of hydrogen-bond donors (Lipinski definition) is 1. The van der Waals surface area contributed by atoms with Gasteiger partial charge in [-0.1, -0.05) is 13.8 Å². The van der Waals surface area contributed by atoms with Crippen LogP contribution in [0.1, 0.15) is 13.8 Å². The summed E-state index contributed by atoms with van der Waals surface area (Å²) < 4.78 is 0.886. The Kier molecular flexibility index (Phi) is 4.94. The molecule has 0 aliphatic rings. The van der Waals surface area contributed by atoms with Crippen LogP contribution in [-0.4, -0.2) is 4.98 Å². The molecule has 0 aliphatic heterocycles. The van der Waals surface area contributed by atoms with Crippen LogP contribution in [0.3, 0.4) is 0 Å². The maximum Gasteiger partial charge on any atom is 0.247 e. The molecule has 0 saturated carbocycles. The lowest BCUT2D eigenvalue weighted by Gasteiger charge is -1.82. The molecular weight excluding hydrogens is 194 g/mol. The van der Waals surface area contributed by atoms with E-state index >= 15 is 0 Å². The Morgan fingerprint density at radius 3 is 2.30 bits per heavy atom. The maximum absolute atomic E-state index is 10.3. The molecule has 10 heavy (non-hydrogen) atoms. The number of nitrogens with one attached hydrogen (secondary N) is 1. The number of hydrogen-bond acceptors (Lipinski definition) is 1. The van der Waals surface area contributed by atoms with Gasteiger partial charge in [0.15, 0.2) is 0 Å². The Balaban J connectivity index is 0.000000371. The standard InChI is InChI=1S/C5H4BrNO.C2H6/c6-4-1-2-5(8)7-3-4;1-2/h1-3H,(H,7,8);1-2H3. The van der Waals surface area contributed by atoms with Crippen LogP contribution < -0.4 is 5.56 Å². The first-order valence-corrected chi connectivity index (χ1v) is 3.92. The van der Waals surface area contributed by atoms with E-state index in [0.29, 0.717) is 0 Å². The van der Waals surface area contributed by atoms with Crippen LogP contribution in [0.25, 0.3) is 0 Å². The summed E-state index contributed by atoms with van der Waals surface area (Å²) in [5.41, 5.74) is -0.0757. The molecule has 1 aromatic heterocycles. The van der Waals surface area contributed by atoms with Crippen LogP contribution in [0.5, 0.6) is 0 Å². The van der Waals surface area contributed by atoms with E-state index in [9.17, 15) is 4.79 Å². The summed E-state index contributed by atoms with van der Waals surface area (Å²) in [5.74, 6) is 0. The van der Waals surface area contributed by atoms with E-state index in [1.165, 1.54) is 6.07 Å². The molecular formula is C7H10BrNO. The minimum atomic E-state index is -0.0757. The molecule has 1 rings (SSSR count). The van der Waals surface area contributed by atoms with Gasteiger partial charge in [0.2, 0.25) is 5.56 Å². The average Bonchev–Trinajstić information content (AvgIpc) is 2.00. The van der Waals surface area contributed by atoms with Crippen molar-refractivity contribution in [3.63, 3.8) is 0 Å². The highest BCUT2D eigenvalue weighted by Gasteiger charge is 1.80. The topological polar surface area (TPSA) is 32.9 Å². The van der Waals surface area contributed by atoms with Gasteiger partial charge in [-0.2, -0.15) is 0 Å². The number of aromatic amines is 1. The number of rotatable bonds is 0. The van der Waals surface area contributed by atoms with Gasteiger partial charge < -0.3 is 4.98 Å². The molecule has 0 atom stereocenters. The van der Waals surface area contributed by atoms with Crippen molar-refractivity contribution in [3.8, 4) is 0 Å². The zero-order valence-electron chi connectivity index (χ0n) is 6.02. The number of pyridine rings is 1. The fraction of sp³-hybridized carbons (Fsp3) is 0.286. The summed E-state index contributed by atoms with van der Waals surface area (Å²) in [6.07, 6.45) is 1.60. The second-order valence-electron chi connectivity index (χ2n) is 1.37. The Bertz CT molecular complexity index is 211. The van der Waals surface area contributed by atoms with Crippen molar-refractivity contribution < 1.29 is 0 Å². The zero-order valence-corrected chi connectivity index (χ0v) is 7.60. The summed E-state index contributed by atoms with van der Waals surface area (Å²) in [7, 11) is 0. The third-order valence-corrected chi connectivity index (χ3v) is 1.24. The van der Waals surface area contributed by atoms with E-state index in [4.69, 9.17) is 0 Å². The average molecular weight is 204 g/mol. The molecule has 56 valence electrons. The van der Waals surface area contributed by atoms with Gasteiger partial charge in [-0.05, 0) is 22.0 Å². The van der Waals surface area contributed by atoms with Crippen LogP contribution in [0.4, 0.5) is 0 Å². The highest BCUT2D eigenvalue weighted by Crippen LogP contribution is 2.01. The van der Waals surface area contributed by atoms with Crippen molar-refractivity contribution in [2.75, 3.05) is 0 Å². The number of halogens is 1. The molecule has 0 aromatic carbocycles. The fourth-order valence-electron chi connectivity index (χ4n) is 0.392. The Morgan fingerprint density at radius 2 is 2.00 bits per heavy atom. The quantitative estimate of drug-likeness (QED) is 0.690. The first-order chi connectivity index (χ1) is 4.79. The molecule has 0 radical (unpaired) electrons. The van der Waals surface area contributed by atoms with Crippen LogP contribution >= 0.6 is 15.9 Å². The smallest absolute Gasteiger partial charge is 0.247 e. The largest absolute Gasteiger partial charge is 0.328 e. The molecule has 2 nitrogen and oxygen atoms in total. The zero-order chi connectivity index (χ0) is 7.98. The van der Waals surface area contributed by atoms with Crippen LogP contribution in [0, 0.1) is 0 Å². The van der Waals surface area contributed by atoms with Gasteiger partial charge in [-0.25, -0.2) is 0 Å². The molecule has 0 aliphatic carbocycles. The van der Waals surface area contributed by atoms with Gasteiger partial charge in [0.1, 0.15) is 0 Å². The Labute approximate surface area is 68.4 Å². The van der Waals surface area contributed by atoms with Crippen molar-refractivity contribution in [3.05, 3.63) is 33.2 Å². The summed E-state index contributed by atoms with van der Waals surface area (Å²) in [6.45, 7) is 4.00. The number of H-pyrrole nitrogens is 1. The fourth-order valence-corrected chi connectivity index (χ4v) is 0.638. The molecule has 0 saturated heterocycles. The molecule has 0 spiro atoms. The molecule has 0 fully saturated rings. The first kappa shape index (κ1) is 9.43. The molecule has 1 heterocycles. The van der Waals surface area contributed by atoms with Crippen LogP contribution in [-0.2, 0) is 0 Å². The van der Waals surface area contributed by atoms with Gasteiger partial charge in [-0.3, -0.25) is 4.79 Å². The van der Waals surface area contributed by atoms with E-state index in [-0.39, 0.29) is 5.56 Å². The normalized spacial score (nSPS) is 7.90. The Morgan fingerprint density at radius 1 is 1.40 bits per heavy atom. The van der Waals surface area contributed by atoms with E-state index in [2.05, 4.69) is 20.9 Å². The lowest BCUT2D eigenvalue weighted by atomic mass is 10.5.